The van der Waals surface area contributed by atoms with Gasteiger partial charge in [-0.15, -0.1) is 0 Å². The topological polar surface area (TPSA) is 70.1 Å². The zero-order valence-corrected chi connectivity index (χ0v) is 13.1. The number of aliphatic hydroxyl groups is 1. The standard InChI is InChI=1S/C14H26N2O4/c1-11(17)16-8-6-14(19,7-9-16)10-15(5)12(18)20-13(2,3)4/h19H,6-10H2,1-5H3. The Kier molecular flexibility index (Phi) is 5.02. The molecule has 0 aliphatic carbocycles. The predicted molar refractivity (Wildman–Crippen MR) is 75.3 cm³/mol. The molecule has 0 saturated carbocycles. The third-order valence-electron chi connectivity index (χ3n) is 3.38. The summed E-state index contributed by atoms with van der Waals surface area (Å²) in [6.07, 6.45) is 0.499. The first-order valence-electron chi connectivity index (χ1n) is 6.94. The van der Waals surface area contributed by atoms with Gasteiger partial charge >= 0.3 is 6.09 Å². The van der Waals surface area contributed by atoms with E-state index in [9.17, 15) is 14.7 Å². The molecular formula is C14H26N2O4. The number of rotatable bonds is 2. The van der Waals surface area contributed by atoms with Gasteiger partial charge in [-0.2, -0.15) is 0 Å². The molecule has 1 N–H and O–H groups in total. The van der Waals surface area contributed by atoms with E-state index in [0.29, 0.717) is 25.9 Å². The van der Waals surface area contributed by atoms with Crippen molar-refractivity contribution in [2.45, 2.75) is 51.7 Å². The normalized spacial score (nSPS) is 18.6. The molecule has 1 rings (SSSR count). The van der Waals surface area contributed by atoms with Gasteiger partial charge in [-0.3, -0.25) is 4.79 Å². The minimum absolute atomic E-state index is 0.0209. The van der Waals surface area contributed by atoms with Crippen molar-refractivity contribution >= 4 is 12.0 Å². The Balaban J connectivity index is 2.51. The van der Waals surface area contributed by atoms with Gasteiger partial charge in [-0.25, -0.2) is 4.79 Å². The summed E-state index contributed by atoms with van der Waals surface area (Å²) in [6, 6.07) is 0. The number of hydrogen-bond acceptors (Lipinski definition) is 4. The summed E-state index contributed by atoms with van der Waals surface area (Å²) in [4.78, 5) is 26.2. The fourth-order valence-corrected chi connectivity index (χ4v) is 2.24. The summed E-state index contributed by atoms with van der Waals surface area (Å²) in [7, 11) is 1.61. The molecule has 0 aromatic carbocycles. The number of likely N-dealkylation sites (tertiary alicyclic amines) is 1. The molecular weight excluding hydrogens is 260 g/mol. The molecule has 1 aliphatic heterocycles. The van der Waals surface area contributed by atoms with E-state index in [0.717, 1.165) is 0 Å². The maximum atomic E-state index is 11.9. The van der Waals surface area contributed by atoms with Crippen molar-refractivity contribution in [2.24, 2.45) is 0 Å². The van der Waals surface area contributed by atoms with Crippen LogP contribution in [0.4, 0.5) is 4.79 Å². The molecule has 1 heterocycles. The van der Waals surface area contributed by atoms with Crippen molar-refractivity contribution in [3.8, 4) is 0 Å². The number of nitrogens with zero attached hydrogens (tertiary/aromatic N) is 2. The van der Waals surface area contributed by atoms with Gasteiger partial charge in [-0.1, -0.05) is 0 Å². The van der Waals surface area contributed by atoms with Gasteiger partial charge < -0.3 is 19.6 Å². The van der Waals surface area contributed by atoms with E-state index < -0.39 is 17.3 Å². The summed E-state index contributed by atoms with van der Waals surface area (Å²) in [5.41, 5.74) is -1.50. The Morgan fingerprint density at radius 2 is 1.80 bits per heavy atom. The van der Waals surface area contributed by atoms with Crippen molar-refractivity contribution in [3.05, 3.63) is 0 Å². The molecule has 0 atom stereocenters. The quantitative estimate of drug-likeness (QED) is 0.829. The minimum Gasteiger partial charge on any atom is -0.444 e. The van der Waals surface area contributed by atoms with Crippen LogP contribution in [-0.4, -0.2) is 64.8 Å². The molecule has 1 aliphatic rings. The highest BCUT2D eigenvalue weighted by Gasteiger charge is 2.35. The van der Waals surface area contributed by atoms with Crippen LogP contribution in [0.1, 0.15) is 40.5 Å². The molecule has 0 spiro atoms. The van der Waals surface area contributed by atoms with Gasteiger partial charge in [-0.05, 0) is 33.6 Å². The van der Waals surface area contributed by atoms with Crippen molar-refractivity contribution in [2.75, 3.05) is 26.7 Å². The van der Waals surface area contributed by atoms with Crippen LogP contribution in [0.25, 0.3) is 0 Å². The lowest BCUT2D eigenvalue weighted by atomic mass is 9.91. The van der Waals surface area contributed by atoms with Crippen LogP contribution >= 0.6 is 0 Å². The molecule has 0 aromatic heterocycles. The Hall–Kier alpha value is -1.30. The van der Waals surface area contributed by atoms with Gasteiger partial charge in [0.25, 0.3) is 0 Å². The zero-order chi connectivity index (χ0) is 15.6. The molecule has 0 aromatic rings. The molecule has 20 heavy (non-hydrogen) atoms. The summed E-state index contributed by atoms with van der Waals surface area (Å²) < 4.78 is 5.26. The first kappa shape index (κ1) is 16.8. The van der Waals surface area contributed by atoms with Crippen LogP contribution < -0.4 is 0 Å². The maximum absolute atomic E-state index is 11.9. The minimum atomic E-state index is -0.947. The summed E-state index contributed by atoms with van der Waals surface area (Å²) in [6.45, 7) is 8.20. The SMILES string of the molecule is CC(=O)N1CCC(O)(CN(C)C(=O)OC(C)(C)C)CC1. The number of carbonyl (C=O) groups is 2. The highest BCUT2D eigenvalue weighted by atomic mass is 16.6. The van der Waals surface area contributed by atoms with Crippen LogP contribution in [0.15, 0.2) is 0 Å². The van der Waals surface area contributed by atoms with E-state index in [1.165, 1.54) is 11.8 Å². The summed E-state index contributed by atoms with van der Waals surface area (Å²) >= 11 is 0. The second-order valence-electron chi connectivity index (χ2n) is 6.57. The number of likely N-dealkylation sites (N-methyl/N-ethyl adjacent to an activating group) is 1. The van der Waals surface area contributed by atoms with Crippen LogP contribution in [0.2, 0.25) is 0 Å². The molecule has 2 amide bonds. The maximum Gasteiger partial charge on any atom is 0.410 e. The average molecular weight is 286 g/mol. The van der Waals surface area contributed by atoms with Crippen molar-refractivity contribution in [1.29, 1.82) is 0 Å². The van der Waals surface area contributed by atoms with Crippen molar-refractivity contribution in [1.82, 2.24) is 9.80 Å². The van der Waals surface area contributed by atoms with E-state index >= 15 is 0 Å². The van der Waals surface area contributed by atoms with E-state index in [4.69, 9.17) is 4.74 Å². The van der Waals surface area contributed by atoms with E-state index in [1.54, 1.807) is 32.7 Å². The zero-order valence-electron chi connectivity index (χ0n) is 13.1. The van der Waals surface area contributed by atoms with Gasteiger partial charge in [0.2, 0.25) is 5.91 Å². The first-order valence-corrected chi connectivity index (χ1v) is 6.94. The van der Waals surface area contributed by atoms with E-state index in [2.05, 4.69) is 0 Å². The molecule has 6 heteroatoms. The smallest absolute Gasteiger partial charge is 0.410 e. The third-order valence-corrected chi connectivity index (χ3v) is 3.38. The molecule has 0 unspecified atom stereocenters. The monoisotopic (exact) mass is 286 g/mol. The molecule has 116 valence electrons. The van der Waals surface area contributed by atoms with Gasteiger partial charge in [0.15, 0.2) is 0 Å². The number of ether oxygens (including phenoxy) is 1. The Morgan fingerprint density at radius 3 is 2.20 bits per heavy atom. The average Bonchev–Trinajstić information content (AvgIpc) is 2.26. The first-order chi connectivity index (χ1) is 9.02. The van der Waals surface area contributed by atoms with Gasteiger partial charge in [0.05, 0.1) is 12.1 Å². The Morgan fingerprint density at radius 1 is 1.30 bits per heavy atom. The van der Waals surface area contributed by atoms with E-state index in [1.807, 2.05) is 0 Å². The third kappa shape index (κ3) is 5.00. The number of piperidine rings is 1. The largest absolute Gasteiger partial charge is 0.444 e. The lowest BCUT2D eigenvalue weighted by Crippen LogP contribution is -2.52. The molecule has 1 fully saturated rings. The van der Waals surface area contributed by atoms with Crippen LogP contribution in [0.5, 0.6) is 0 Å². The van der Waals surface area contributed by atoms with E-state index in [-0.39, 0.29) is 12.5 Å². The molecule has 0 bridgehead atoms. The Bertz CT molecular complexity index is 368. The fourth-order valence-electron chi connectivity index (χ4n) is 2.24. The lowest BCUT2D eigenvalue weighted by molar-refractivity contribution is -0.133. The highest BCUT2D eigenvalue weighted by molar-refractivity contribution is 5.73. The second-order valence-corrected chi connectivity index (χ2v) is 6.57. The summed E-state index contributed by atoms with van der Waals surface area (Å²) in [5.74, 6) is 0.0209. The molecule has 0 radical (unpaired) electrons. The van der Waals surface area contributed by atoms with Crippen LogP contribution in [-0.2, 0) is 9.53 Å². The number of hydrogen-bond donors (Lipinski definition) is 1. The Labute approximate surface area is 120 Å². The molecule has 1 saturated heterocycles. The number of carbonyl (C=O) groups excluding carboxylic acids is 2. The second kappa shape index (κ2) is 5.99. The van der Waals surface area contributed by atoms with Crippen LogP contribution in [0, 0.1) is 0 Å². The molecule has 6 nitrogen and oxygen atoms in total. The van der Waals surface area contributed by atoms with Gasteiger partial charge in [0, 0.05) is 27.1 Å². The van der Waals surface area contributed by atoms with Crippen LogP contribution in [0.3, 0.4) is 0 Å². The van der Waals surface area contributed by atoms with Crippen molar-refractivity contribution < 1.29 is 19.4 Å². The highest BCUT2D eigenvalue weighted by Crippen LogP contribution is 2.23. The van der Waals surface area contributed by atoms with Crippen molar-refractivity contribution in [3.63, 3.8) is 0 Å². The fraction of sp³-hybridized carbons (Fsp3) is 0.857. The number of amides is 2. The van der Waals surface area contributed by atoms with Gasteiger partial charge in [0.1, 0.15) is 5.60 Å². The summed E-state index contributed by atoms with van der Waals surface area (Å²) in [5, 5.41) is 10.5. The lowest BCUT2D eigenvalue weighted by Gasteiger charge is -2.40. The predicted octanol–water partition coefficient (Wildman–Crippen LogP) is 1.23.